The standard InChI is InChI=1S/C22H24N2O5S/c1-14-8-9-17(12-15(14)2)30(27,28)22(10-11-22)20(25)23-16(3)13-24-18-6-4-5-7-19(18)29-21(24)26/h4-9,12,16H,10-11,13H2,1-3H3,(H,23,25)/t16-/m0/s1. The van der Waals surface area contributed by atoms with Gasteiger partial charge in [0.05, 0.1) is 10.4 Å². The van der Waals surface area contributed by atoms with Crippen LogP contribution in [0.1, 0.15) is 30.9 Å². The van der Waals surface area contributed by atoms with E-state index in [1.54, 1.807) is 49.4 Å². The first-order valence-corrected chi connectivity index (χ1v) is 11.4. The number of carbonyl (C=O) groups excluding carboxylic acids is 1. The summed E-state index contributed by atoms with van der Waals surface area (Å²) in [4.78, 5) is 25.3. The third-order valence-corrected chi connectivity index (χ3v) is 8.33. The zero-order chi connectivity index (χ0) is 21.7. The van der Waals surface area contributed by atoms with Crippen molar-refractivity contribution in [3.05, 3.63) is 64.1 Å². The van der Waals surface area contributed by atoms with E-state index in [-0.39, 0.29) is 24.3 Å². The van der Waals surface area contributed by atoms with Gasteiger partial charge in [-0.05, 0) is 69.0 Å². The third-order valence-electron chi connectivity index (χ3n) is 5.83. The van der Waals surface area contributed by atoms with E-state index in [4.69, 9.17) is 4.42 Å². The van der Waals surface area contributed by atoms with Crippen LogP contribution in [0, 0.1) is 13.8 Å². The SMILES string of the molecule is Cc1ccc(S(=O)(=O)C2(C(=O)N[C@@H](C)Cn3c(=O)oc4ccccc43)CC2)cc1C. The molecule has 4 rings (SSSR count). The molecule has 0 spiro atoms. The number of hydrogen-bond donors (Lipinski definition) is 1. The van der Waals surface area contributed by atoms with E-state index in [0.717, 1.165) is 11.1 Å². The molecule has 3 aromatic rings. The highest BCUT2D eigenvalue weighted by molar-refractivity contribution is 7.94. The quantitative estimate of drug-likeness (QED) is 0.651. The summed E-state index contributed by atoms with van der Waals surface area (Å²) in [6.45, 7) is 5.68. The van der Waals surface area contributed by atoms with Gasteiger partial charge in [-0.3, -0.25) is 9.36 Å². The molecule has 1 fully saturated rings. The van der Waals surface area contributed by atoms with Gasteiger partial charge in [0.2, 0.25) is 5.91 Å². The van der Waals surface area contributed by atoms with Crippen molar-refractivity contribution in [2.45, 2.75) is 55.8 Å². The summed E-state index contributed by atoms with van der Waals surface area (Å²) in [5, 5.41) is 2.80. The number of amides is 1. The Morgan fingerprint density at radius 2 is 1.87 bits per heavy atom. The predicted octanol–water partition coefficient (Wildman–Crippen LogP) is 2.72. The van der Waals surface area contributed by atoms with Crippen molar-refractivity contribution >= 4 is 26.8 Å². The highest BCUT2D eigenvalue weighted by Gasteiger charge is 2.61. The highest BCUT2D eigenvalue weighted by atomic mass is 32.2. The molecule has 30 heavy (non-hydrogen) atoms. The molecule has 0 aliphatic heterocycles. The lowest BCUT2D eigenvalue weighted by Gasteiger charge is -2.20. The van der Waals surface area contributed by atoms with Gasteiger partial charge in [0, 0.05) is 12.6 Å². The van der Waals surface area contributed by atoms with Gasteiger partial charge in [0.1, 0.15) is 0 Å². The molecular weight excluding hydrogens is 404 g/mol. The molecule has 7 nitrogen and oxygen atoms in total. The molecule has 0 unspecified atom stereocenters. The topological polar surface area (TPSA) is 98.4 Å². The summed E-state index contributed by atoms with van der Waals surface area (Å²) in [6, 6.07) is 11.5. The van der Waals surface area contributed by atoms with E-state index in [1.807, 2.05) is 13.8 Å². The first-order valence-electron chi connectivity index (χ1n) is 9.87. The normalized spacial score (nSPS) is 16.4. The minimum atomic E-state index is -3.82. The van der Waals surface area contributed by atoms with Crippen LogP contribution in [0.15, 0.2) is 56.6 Å². The summed E-state index contributed by atoms with van der Waals surface area (Å²) < 4.78 is 31.7. The Morgan fingerprint density at radius 1 is 1.17 bits per heavy atom. The molecule has 1 aliphatic carbocycles. The fourth-order valence-electron chi connectivity index (χ4n) is 3.70. The fraction of sp³-hybridized carbons (Fsp3) is 0.364. The van der Waals surface area contributed by atoms with Crippen LogP contribution in [-0.4, -0.2) is 29.7 Å². The second-order valence-corrected chi connectivity index (χ2v) is 10.3. The first kappa shape index (κ1) is 20.4. The van der Waals surface area contributed by atoms with Crippen molar-refractivity contribution < 1.29 is 17.6 Å². The molecule has 1 saturated carbocycles. The maximum atomic E-state index is 13.2. The van der Waals surface area contributed by atoms with Crippen LogP contribution in [0.5, 0.6) is 0 Å². The van der Waals surface area contributed by atoms with Gasteiger partial charge in [-0.1, -0.05) is 18.2 Å². The van der Waals surface area contributed by atoms with Crippen molar-refractivity contribution in [3.63, 3.8) is 0 Å². The van der Waals surface area contributed by atoms with Crippen LogP contribution in [0.2, 0.25) is 0 Å². The number of rotatable bonds is 6. The van der Waals surface area contributed by atoms with Crippen LogP contribution in [0.25, 0.3) is 11.1 Å². The van der Waals surface area contributed by atoms with Crippen LogP contribution in [0.4, 0.5) is 0 Å². The monoisotopic (exact) mass is 428 g/mol. The Balaban J connectivity index is 1.55. The average Bonchev–Trinajstić information content (AvgIpc) is 3.46. The molecule has 0 saturated heterocycles. The van der Waals surface area contributed by atoms with Crippen LogP contribution < -0.4 is 11.1 Å². The van der Waals surface area contributed by atoms with Crippen molar-refractivity contribution in [1.29, 1.82) is 0 Å². The number of benzene rings is 2. The summed E-state index contributed by atoms with van der Waals surface area (Å²) in [5.41, 5.74) is 2.96. The van der Waals surface area contributed by atoms with Crippen LogP contribution >= 0.6 is 0 Å². The minimum absolute atomic E-state index is 0.169. The molecule has 1 aliphatic rings. The lowest BCUT2D eigenvalue weighted by molar-refractivity contribution is -0.122. The third kappa shape index (κ3) is 3.25. The maximum absolute atomic E-state index is 13.2. The van der Waals surface area contributed by atoms with E-state index in [0.29, 0.717) is 11.1 Å². The molecule has 0 radical (unpaired) electrons. The van der Waals surface area contributed by atoms with Gasteiger partial charge >= 0.3 is 5.76 Å². The molecule has 1 aromatic heterocycles. The second-order valence-electron chi connectivity index (χ2n) is 8.06. The number of nitrogens with zero attached hydrogens (tertiary/aromatic N) is 1. The number of aromatic nitrogens is 1. The average molecular weight is 429 g/mol. The van der Waals surface area contributed by atoms with E-state index in [1.165, 1.54) is 4.57 Å². The van der Waals surface area contributed by atoms with Crippen molar-refractivity contribution in [2.24, 2.45) is 0 Å². The number of sulfone groups is 1. The van der Waals surface area contributed by atoms with Gasteiger partial charge in [-0.25, -0.2) is 13.2 Å². The Labute approximate surface area is 174 Å². The Bertz CT molecular complexity index is 1300. The van der Waals surface area contributed by atoms with Crippen LogP contribution in [-0.2, 0) is 21.2 Å². The second kappa shape index (κ2) is 7.12. The summed E-state index contributed by atoms with van der Waals surface area (Å²) in [6.07, 6.45) is 0.574. The van der Waals surface area contributed by atoms with Gasteiger partial charge in [0.25, 0.3) is 0 Å². The lowest BCUT2D eigenvalue weighted by atomic mass is 10.1. The van der Waals surface area contributed by atoms with E-state index in [9.17, 15) is 18.0 Å². The fourth-order valence-corrected chi connectivity index (χ4v) is 5.67. The first-order chi connectivity index (χ1) is 14.2. The zero-order valence-corrected chi connectivity index (χ0v) is 18.0. The summed E-state index contributed by atoms with van der Waals surface area (Å²) >= 11 is 0. The highest BCUT2D eigenvalue weighted by Crippen LogP contribution is 2.47. The maximum Gasteiger partial charge on any atom is 0.420 e. The molecule has 158 valence electrons. The molecule has 1 amide bonds. The molecule has 2 aromatic carbocycles. The van der Waals surface area contributed by atoms with Gasteiger partial charge in [0.15, 0.2) is 20.2 Å². The predicted molar refractivity (Wildman–Crippen MR) is 113 cm³/mol. The van der Waals surface area contributed by atoms with E-state index in [2.05, 4.69) is 5.32 Å². The zero-order valence-electron chi connectivity index (χ0n) is 17.1. The van der Waals surface area contributed by atoms with Gasteiger partial charge < -0.3 is 9.73 Å². The summed E-state index contributed by atoms with van der Waals surface area (Å²) in [7, 11) is -3.82. The number of para-hydroxylation sites is 2. The lowest BCUT2D eigenvalue weighted by Crippen LogP contribution is -2.47. The molecule has 1 atom stereocenters. The number of oxazole rings is 1. The molecule has 1 N–H and O–H groups in total. The van der Waals surface area contributed by atoms with Gasteiger partial charge in [-0.15, -0.1) is 0 Å². The Morgan fingerprint density at radius 3 is 2.53 bits per heavy atom. The van der Waals surface area contributed by atoms with E-state index >= 15 is 0 Å². The Hall–Kier alpha value is -2.87. The molecule has 8 heteroatoms. The minimum Gasteiger partial charge on any atom is -0.408 e. The number of nitrogens with one attached hydrogen (secondary N) is 1. The Kier molecular flexibility index (Phi) is 4.85. The van der Waals surface area contributed by atoms with Crippen molar-refractivity contribution in [3.8, 4) is 0 Å². The van der Waals surface area contributed by atoms with Gasteiger partial charge in [-0.2, -0.15) is 0 Å². The number of hydrogen-bond acceptors (Lipinski definition) is 5. The largest absolute Gasteiger partial charge is 0.420 e. The number of carbonyl (C=O) groups is 1. The molecular formula is C22H24N2O5S. The number of aryl methyl sites for hydroxylation is 2. The van der Waals surface area contributed by atoms with Crippen molar-refractivity contribution in [2.75, 3.05) is 0 Å². The van der Waals surface area contributed by atoms with E-state index < -0.39 is 32.3 Å². The molecule has 1 heterocycles. The molecule has 0 bridgehead atoms. The smallest absolute Gasteiger partial charge is 0.408 e. The summed E-state index contributed by atoms with van der Waals surface area (Å²) in [5.74, 6) is -1.03. The van der Waals surface area contributed by atoms with Crippen molar-refractivity contribution in [1.82, 2.24) is 9.88 Å². The number of fused-ring (bicyclic) bond motifs is 1. The van der Waals surface area contributed by atoms with Crippen LogP contribution in [0.3, 0.4) is 0 Å².